The number of hydrogen-bond acceptors (Lipinski definition) is 6. The monoisotopic (exact) mass is 512 g/mol. The molecule has 0 aliphatic carbocycles. The van der Waals surface area contributed by atoms with E-state index in [4.69, 9.17) is 5.21 Å². The van der Waals surface area contributed by atoms with E-state index in [1.54, 1.807) is 35.8 Å². The zero-order valence-electron chi connectivity index (χ0n) is 19.7. The minimum atomic E-state index is -3.65. The Morgan fingerprint density at radius 2 is 1.39 bits per heavy atom. The summed E-state index contributed by atoms with van der Waals surface area (Å²) in [4.78, 5) is 16.2. The molecule has 0 bridgehead atoms. The van der Waals surface area contributed by atoms with Gasteiger partial charge in [0.05, 0.1) is 5.75 Å². The summed E-state index contributed by atoms with van der Waals surface area (Å²) in [5, 5.41) is 8.71. The van der Waals surface area contributed by atoms with Crippen molar-refractivity contribution in [3.63, 3.8) is 0 Å². The van der Waals surface area contributed by atoms with Crippen LogP contribution < -0.4 is 10.2 Å². The van der Waals surface area contributed by atoms with E-state index >= 15 is 0 Å². The maximum atomic E-state index is 13.3. The van der Waals surface area contributed by atoms with Gasteiger partial charge in [-0.15, -0.1) is 0 Å². The molecular weight excluding hydrogens is 483 g/mol. The molecule has 0 radical (unpaired) electrons. The Hall–Kier alpha value is -3.31. The highest BCUT2D eigenvalue weighted by Gasteiger charge is 2.18. The fourth-order valence-electron chi connectivity index (χ4n) is 4.19. The summed E-state index contributed by atoms with van der Waals surface area (Å²) in [5.41, 5.74) is 5.11. The Morgan fingerprint density at radius 1 is 0.833 bits per heavy atom. The zero-order chi connectivity index (χ0) is 25.5. The molecule has 0 spiro atoms. The number of carbonyl (C=O) groups excluding carboxylic acids is 1. The van der Waals surface area contributed by atoms with Crippen LogP contribution in [0.4, 0.5) is 10.1 Å². The maximum Gasteiger partial charge on any atom is 0.274 e. The highest BCUT2D eigenvalue weighted by Crippen LogP contribution is 2.17. The summed E-state index contributed by atoms with van der Waals surface area (Å²) < 4.78 is 40.7. The molecule has 36 heavy (non-hydrogen) atoms. The minimum absolute atomic E-state index is 0.293. The van der Waals surface area contributed by atoms with Crippen LogP contribution in [0.2, 0.25) is 0 Å². The number of nitrogens with zero attached hydrogens (tertiary/aromatic N) is 2. The van der Waals surface area contributed by atoms with Crippen molar-refractivity contribution in [2.45, 2.75) is 18.8 Å². The van der Waals surface area contributed by atoms with Gasteiger partial charge in [-0.05, 0) is 53.1 Å². The van der Waals surface area contributed by atoms with Crippen molar-refractivity contribution < 1.29 is 22.8 Å². The topological polar surface area (TPSA) is 102 Å². The SMILES string of the molecule is O=C(NO)c1ccc(CN2CCN(Cc3ccc(NS(=O)(=O)Cc4cccc(F)c4)cc3)CC2)cc1. The van der Waals surface area contributed by atoms with Crippen molar-refractivity contribution >= 4 is 21.6 Å². The summed E-state index contributed by atoms with van der Waals surface area (Å²) in [6, 6.07) is 20.1. The van der Waals surface area contributed by atoms with Gasteiger partial charge in [0.2, 0.25) is 10.0 Å². The summed E-state index contributed by atoms with van der Waals surface area (Å²) in [6.45, 7) is 5.21. The highest BCUT2D eigenvalue weighted by atomic mass is 32.2. The molecule has 1 aliphatic rings. The third-order valence-electron chi connectivity index (χ3n) is 6.07. The standard InChI is InChI=1S/C26H29FN4O4S/c27-24-3-1-2-22(16-24)19-36(34,35)29-25-10-6-21(7-11-25)18-31-14-12-30(13-15-31)17-20-4-8-23(9-5-20)26(32)28-33/h1-11,16,29,33H,12-15,17-19H2,(H,28,32). The average molecular weight is 513 g/mol. The number of amides is 1. The van der Waals surface area contributed by atoms with Gasteiger partial charge in [-0.2, -0.15) is 0 Å². The number of rotatable bonds is 9. The van der Waals surface area contributed by atoms with Crippen LogP contribution in [-0.4, -0.2) is 55.5 Å². The second kappa shape index (κ2) is 11.6. The molecule has 190 valence electrons. The van der Waals surface area contributed by atoms with E-state index in [-0.39, 0.29) is 5.75 Å². The van der Waals surface area contributed by atoms with Crippen LogP contribution in [0.1, 0.15) is 27.0 Å². The van der Waals surface area contributed by atoms with Crippen molar-refractivity contribution in [1.82, 2.24) is 15.3 Å². The van der Waals surface area contributed by atoms with E-state index in [1.165, 1.54) is 18.2 Å². The van der Waals surface area contributed by atoms with Crippen LogP contribution in [0.15, 0.2) is 72.8 Å². The third-order valence-corrected chi connectivity index (χ3v) is 7.33. The van der Waals surface area contributed by atoms with Crippen molar-refractivity contribution in [3.8, 4) is 0 Å². The molecule has 0 unspecified atom stereocenters. The van der Waals surface area contributed by atoms with E-state index in [0.717, 1.165) is 50.4 Å². The number of hydrogen-bond donors (Lipinski definition) is 3. The van der Waals surface area contributed by atoms with Gasteiger partial charge in [0, 0.05) is 50.5 Å². The molecule has 3 aromatic rings. The lowest BCUT2D eigenvalue weighted by molar-refractivity contribution is 0.0706. The molecule has 3 aromatic carbocycles. The molecule has 0 aromatic heterocycles. The molecule has 1 heterocycles. The van der Waals surface area contributed by atoms with Crippen molar-refractivity contribution in [2.24, 2.45) is 0 Å². The first-order chi connectivity index (χ1) is 17.3. The smallest absolute Gasteiger partial charge is 0.274 e. The fraction of sp³-hybridized carbons (Fsp3) is 0.269. The van der Waals surface area contributed by atoms with Crippen LogP contribution in [0.25, 0.3) is 0 Å². The molecule has 8 nitrogen and oxygen atoms in total. The van der Waals surface area contributed by atoms with E-state index < -0.39 is 21.7 Å². The molecule has 1 amide bonds. The third kappa shape index (κ3) is 7.34. The van der Waals surface area contributed by atoms with Crippen molar-refractivity contribution in [1.29, 1.82) is 0 Å². The fourth-order valence-corrected chi connectivity index (χ4v) is 5.37. The lowest BCUT2D eigenvalue weighted by Crippen LogP contribution is -2.45. The molecule has 0 saturated carbocycles. The number of carbonyl (C=O) groups is 1. The first kappa shape index (κ1) is 25.8. The van der Waals surface area contributed by atoms with Gasteiger partial charge >= 0.3 is 0 Å². The van der Waals surface area contributed by atoms with Gasteiger partial charge in [0.15, 0.2) is 0 Å². The normalized spacial score (nSPS) is 14.9. The van der Waals surface area contributed by atoms with Crippen LogP contribution >= 0.6 is 0 Å². The van der Waals surface area contributed by atoms with Gasteiger partial charge in [-0.3, -0.25) is 24.5 Å². The number of benzene rings is 3. The Balaban J connectivity index is 1.23. The van der Waals surface area contributed by atoms with Gasteiger partial charge in [0.1, 0.15) is 5.82 Å². The van der Waals surface area contributed by atoms with Crippen LogP contribution in [0.5, 0.6) is 0 Å². The number of nitrogens with one attached hydrogen (secondary N) is 2. The number of sulfonamides is 1. The number of halogens is 1. The zero-order valence-corrected chi connectivity index (χ0v) is 20.5. The van der Waals surface area contributed by atoms with Gasteiger partial charge in [0.25, 0.3) is 5.91 Å². The average Bonchev–Trinajstić information content (AvgIpc) is 2.86. The number of hydroxylamine groups is 1. The molecule has 10 heteroatoms. The summed E-state index contributed by atoms with van der Waals surface area (Å²) in [7, 11) is -3.65. The summed E-state index contributed by atoms with van der Waals surface area (Å²) in [5.74, 6) is -1.28. The maximum absolute atomic E-state index is 13.3. The Morgan fingerprint density at radius 3 is 1.92 bits per heavy atom. The van der Waals surface area contributed by atoms with Crippen molar-refractivity contribution in [2.75, 3.05) is 30.9 Å². The first-order valence-electron chi connectivity index (χ1n) is 11.6. The van der Waals surface area contributed by atoms with Gasteiger partial charge < -0.3 is 0 Å². The quantitative estimate of drug-likeness (QED) is 0.301. The van der Waals surface area contributed by atoms with Crippen LogP contribution in [-0.2, 0) is 28.9 Å². The number of anilines is 1. The summed E-state index contributed by atoms with van der Waals surface area (Å²) in [6.07, 6.45) is 0. The predicted molar refractivity (Wildman–Crippen MR) is 135 cm³/mol. The van der Waals surface area contributed by atoms with E-state index in [0.29, 0.717) is 16.8 Å². The van der Waals surface area contributed by atoms with E-state index in [1.807, 2.05) is 24.3 Å². The molecule has 4 rings (SSSR count). The van der Waals surface area contributed by atoms with E-state index in [2.05, 4.69) is 14.5 Å². The molecule has 3 N–H and O–H groups in total. The van der Waals surface area contributed by atoms with Gasteiger partial charge in [-0.25, -0.2) is 18.3 Å². The van der Waals surface area contributed by atoms with Crippen LogP contribution in [0.3, 0.4) is 0 Å². The first-order valence-corrected chi connectivity index (χ1v) is 13.3. The molecule has 1 aliphatic heterocycles. The second-order valence-corrected chi connectivity index (χ2v) is 10.6. The second-order valence-electron chi connectivity index (χ2n) is 8.88. The Labute approximate surface area is 210 Å². The highest BCUT2D eigenvalue weighted by molar-refractivity contribution is 7.91. The number of piperazine rings is 1. The van der Waals surface area contributed by atoms with Gasteiger partial charge in [-0.1, -0.05) is 36.4 Å². The Bertz CT molecular complexity index is 1280. The summed E-state index contributed by atoms with van der Waals surface area (Å²) >= 11 is 0. The molecule has 1 saturated heterocycles. The molecule has 0 atom stereocenters. The molecule has 1 fully saturated rings. The lowest BCUT2D eigenvalue weighted by atomic mass is 10.1. The predicted octanol–water partition coefficient (Wildman–Crippen LogP) is 3.20. The van der Waals surface area contributed by atoms with Crippen molar-refractivity contribution in [3.05, 3.63) is 101 Å². The largest absolute Gasteiger partial charge is 0.297 e. The Kier molecular flexibility index (Phi) is 8.32. The van der Waals surface area contributed by atoms with E-state index in [9.17, 15) is 17.6 Å². The van der Waals surface area contributed by atoms with Crippen LogP contribution in [0, 0.1) is 5.82 Å². The minimum Gasteiger partial charge on any atom is -0.297 e. The lowest BCUT2D eigenvalue weighted by Gasteiger charge is -2.34. The molecular formula is C26H29FN4O4S.